The van der Waals surface area contributed by atoms with E-state index in [2.05, 4.69) is 27.8 Å². The van der Waals surface area contributed by atoms with Gasteiger partial charge in [-0.05, 0) is 49.7 Å². The van der Waals surface area contributed by atoms with Crippen molar-refractivity contribution in [3.05, 3.63) is 84.4 Å². The maximum Gasteiger partial charge on any atom is 0.258 e. The van der Waals surface area contributed by atoms with Crippen molar-refractivity contribution in [3.63, 3.8) is 0 Å². The summed E-state index contributed by atoms with van der Waals surface area (Å²) in [5, 5.41) is 9.20. The van der Waals surface area contributed by atoms with Gasteiger partial charge in [0.2, 0.25) is 11.9 Å². The zero-order valence-electron chi connectivity index (χ0n) is 22.4. The molecule has 10 heteroatoms. The molecule has 0 aliphatic carbocycles. The molecular formula is C29H34N8O2. The van der Waals surface area contributed by atoms with E-state index in [0.29, 0.717) is 30.8 Å². The molecule has 1 saturated heterocycles. The number of aryl methyl sites for hydroxylation is 2. The second kappa shape index (κ2) is 12.1. The van der Waals surface area contributed by atoms with Crippen LogP contribution in [0.4, 0.5) is 5.95 Å². The number of likely N-dealkylation sites (N-methyl/N-ethyl adjacent to an activating group) is 1. The minimum Gasteiger partial charge on any atom is -0.304 e. The number of rotatable bonds is 9. The number of nitrogens with one attached hydrogen (secondary N) is 2. The molecule has 0 saturated carbocycles. The maximum absolute atomic E-state index is 13.3. The average molecular weight is 527 g/mol. The van der Waals surface area contributed by atoms with Crippen LogP contribution in [-0.2, 0) is 18.3 Å². The lowest BCUT2D eigenvalue weighted by Gasteiger charge is -2.32. The van der Waals surface area contributed by atoms with Crippen molar-refractivity contribution in [2.24, 2.45) is 7.05 Å². The summed E-state index contributed by atoms with van der Waals surface area (Å²) in [5.41, 5.74) is 7.10. The van der Waals surface area contributed by atoms with Crippen molar-refractivity contribution < 1.29 is 9.59 Å². The minimum atomic E-state index is -0.248. The molecule has 5 rings (SSSR count). The van der Waals surface area contributed by atoms with Gasteiger partial charge >= 0.3 is 0 Å². The predicted molar refractivity (Wildman–Crippen MR) is 150 cm³/mol. The highest BCUT2D eigenvalue weighted by atomic mass is 16.2. The first-order valence-electron chi connectivity index (χ1n) is 13.2. The molecule has 2 N–H and O–H groups in total. The van der Waals surface area contributed by atoms with Gasteiger partial charge in [0.25, 0.3) is 5.91 Å². The molecule has 1 aliphatic heterocycles. The number of piperazine rings is 1. The van der Waals surface area contributed by atoms with Crippen molar-refractivity contribution >= 4 is 17.8 Å². The quantitative estimate of drug-likeness (QED) is 0.348. The fourth-order valence-corrected chi connectivity index (χ4v) is 4.59. The largest absolute Gasteiger partial charge is 0.304 e. The normalized spacial score (nSPS) is 14.3. The van der Waals surface area contributed by atoms with Crippen molar-refractivity contribution in [2.45, 2.75) is 19.3 Å². The third-order valence-corrected chi connectivity index (χ3v) is 6.80. The van der Waals surface area contributed by atoms with Gasteiger partial charge in [0, 0.05) is 68.9 Å². The molecule has 1 fully saturated rings. The molecule has 1 aliphatic rings. The standard InChI is InChI=1S/C29H34N8O2/c1-34-14-16-36(17-15-34)33-27(38)13-7-10-25-21-37(26-11-4-3-5-12-26)29(31-25)32-28(39)23-9-6-8-22(18-23)24-19-30-35(2)20-24/h3-6,8-9,11-12,18-21H,7,10,13-17H2,1-2H3,(H,33,38)(H,31,32,39). The van der Waals surface area contributed by atoms with Crippen LogP contribution in [0.15, 0.2) is 73.2 Å². The zero-order valence-corrected chi connectivity index (χ0v) is 22.4. The van der Waals surface area contributed by atoms with Crippen LogP contribution in [0.5, 0.6) is 0 Å². The van der Waals surface area contributed by atoms with Crippen LogP contribution in [0, 0.1) is 0 Å². The summed E-state index contributed by atoms with van der Waals surface area (Å²) in [6.07, 6.45) is 7.30. The summed E-state index contributed by atoms with van der Waals surface area (Å²) in [6.45, 7) is 3.55. The number of hydrazine groups is 1. The summed E-state index contributed by atoms with van der Waals surface area (Å²) >= 11 is 0. The molecule has 4 aromatic rings. The van der Waals surface area contributed by atoms with Crippen molar-refractivity contribution in [3.8, 4) is 16.8 Å². The van der Waals surface area contributed by atoms with E-state index in [1.807, 2.05) is 77.5 Å². The first-order valence-corrected chi connectivity index (χ1v) is 13.2. The Morgan fingerprint density at radius 2 is 1.72 bits per heavy atom. The highest BCUT2D eigenvalue weighted by Gasteiger charge is 2.17. The van der Waals surface area contributed by atoms with Gasteiger partial charge in [0.05, 0.1) is 11.9 Å². The molecular weight excluding hydrogens is 492 g/mol. The van der Waals surface area contributed by atoms with Gasteiger partial charge in [-0.25, -0.2) is 9.99 Å². The Morgan fingerprint density at radius 1 is 0.923 bits per heavy atom. The maximum atomic E-state index is 13.3. The highest BCUT2D eigenvalue weighted by Crippen LogP contribution is 2.22. The number of carbonyl (C=O) groups excluding carboxylic acids is 2. The van der Waals surface area contributed by atoms with E-state index in [1.54, 1.807) is 16.9 Å². The number of carbonyl (C=O) groups is 2. The summed E-state index contributed by atoms with van der Waals surface area (Å²) in [5.74, 6) is 0.209. The number of anilines is 1. The van der Waals surface area contributed by atoms with Gasteiger partial charge < -0.3 is 4.90 Å². The first kappa shape index (κ1) is 26.3. The molecule has 2 amide bonds. The smallest absolute Gasteiger partial charge is 0.258 e. The summed E-state index contributed by atoms with van der Waals surface area (Å²) < 4.78 is 3.61. The van der Waals surface area contributed by atoms with Crippen LogP contribution >= 0.6 is 0 Å². The first-order chi connectivity index (χ1) is 18.9. The fourth-order valence-electron chi connectivity index (χ4n) is 4.59. The third-order valence-electron chi connectivity index (χ3n) is 6.80. The Bertz CT molecular complexity index is 1420. The molecule has 39 heavy (non-hydrogen) atoms. The van der Waals surface area contributed by atoms with E-state index >= 15 is 0 Å². The van der Waals surface area contributed by atoms with Gasteiger partial charge in [-0.3, -0.25) is 29.6 Å². The van der Waals surface area contributed by atoms with Gasteiger partial charge in [-0.15, -0.1) is 0 Å². The third kappa shape index (κ3) is 6.78. The lowest BCUT2D eigenvalue weighted by Crippen LogP contribution is -2.52. The number of amides is 2. The Labute approximate surface area is 228 Å². The Morgan fingerprint density at radius 3 is 2.46 bits per heavy atom. The Hall–Kier alpha value is -4.28. The van der Waals surface area contributed by atoms with E-state index < -0.39 is 0 Å². The Balaban J connectivity index is 1.26. The molecule has 3 heterocycles. The SMILES string of the molecule is CN1CCN(NC(=O)CCCc2cn(-c3ccccc3)c(NC(=O)c3cccc(-c4cnn(C)c4)c3)n2)CC1. The molecule has 202 valence electrons. The number of nitrogens with zero attached hydrogens (tertiary/aromatic N) is 6. The van der Waals surface area contributed by atoms with Gasteiger partial charge in [-0.1, -0.05) is 30.3 Å². The van der Waals surface area contributed by atoms with Gasteiger partial charge in [0.1, 0.15) is 0 Å². The van der Waals surface area contributed by atoms with Crippen molar-refractivity contribution in [2.75, 3.05) is 38.5 Å². The molecule has 0 spiro atoms. The summed E-state index contributed by atoms with van der Waals surface area (Å²) in [4.78, 5) is 32.7. The van der Waals surface area contributed by atoms with Crippen molar-refractivity contribution in [1.82, 2.24) is 34.7 Å². The predicted octanol–water partition coefficient (Wildman–Crippen LogP) is 3.13. The van der Waals surface area contributed by atoms with E-state index in [9.17, 15) is 9.59 Å². The number of para-hydroxylation sites is 1. The van der Waals surface area contributed by atoms with Crippen molar-refractivity contribution in [1.29, 1.82) is 0 Å². The Kier molecular flexibility index (Phi) is 8.14. The van der Waals surface area contributed by atoms with Crippen LogP contribution in [0.3, 0.4) is 0 Å². The number of hydrogen-bond acceptors (Lipinski definition) is 6. The molecule has 0 bridgehead atoms. The topological polar surface area (TPSA) is 100 Å². The molecule has 2 aromatic carbocycles. The van der Waals surface area contributed by atoms with Crippen LogP contribution in [0.2, 0.25) is 0 Å². The van der Waals surface area contributed by atoms with E-state index in [0.717, 1.165) is 48.7 Å². The van der Waals surface area contributed by atoms with Gasteiger partial charge in [0.15, 0.2) is 0 Å². The fraction of sp³-hybridized carbons (Fsp3) is 0.310. The van der Waals surface area contributed by atoms with Crippen LogP contribution in [0.1, 0.15) is 28.9 Å². The minimum absolute atomic E-state index is 0.0177. The molecule has 0 unspecified atom stereocenters. The highest BCUT2D eigenvalue weighted by molar-refractivity contribution is 6.04. The number of imidazole rings is 1. The second-order valence-corrected chi connectivity index (χ2v) is 9.88. The van der Waals surface area contributed by atoms with E-state index in [-0.39, 0.29) is 11.8 Å². The van der Waals surface area contributed by atoms with Crippen LogP contribution in [0.25, 0.3) is 16.8 Å². The zero-order chi connectivity index (χ0) is 27.2. The summed E-state index contributed by atoms with van der Waals surface area (Å²) in [6, 6.07) is 17.2. The van der Waals surface area contributed by atoms with Crippen LogP contribution < -0.4 is 10.7 Å². The number of benzene rings is 2. The molecule has 2 aromatic heterocycles. The summed E-state index contributed by atoms with van der Waals surface area (Å²) in [7, 11) is 3.95. The number of hydrogen-bond donors (Lipinski definition) is 2. The van der Waals surface area contributed by atoms with Gasteiger partial charge in [-0.2, -0.15) is 5.10 Å². The molecule has 0 radical (unpaired) electrons. The second-order valence-electron chi connectivity index (χ2n) is 9.88. The average Bonchev–Trinajstić information content (AvgIpc) is 3.56. The van der Waals surface area contributed by atoms with E-state index in [4.69, 9.17) is 4.98 Å². The number of aromatic nitrogens is 4. The monoisotopic (exact) mass is 526 g/mol. The molecule has 0 atom stereocenters. The van der Waals surface area contributed by atoms with E-state index in [1.165, 1.54) is 0 Å². The lowest BCUT2D eigenvalue weighted by atomic mass is 10.1. The molecule has 10 nitrogen and oxygen atoms in total. The van der Waals surface area contributed by atoms with Crippen LogP contribution in [-0.4, -0.2) is 74.3 Å². The lowest BCUT2D eigenvalue weighted by molar-refractivity contribution is -0.126.